The standard InChI is InChI=1S/C16H21NS3/c1-2-8-19-14(5-1)12-17-15(16-7-4-10-20-16)11-13-6-3-9-18-13/h3-4,6-7,9-10,14-15,17H,1-2,5,8,11-12H2. The van der Waals surface area contributed by atoms with E-state index in [9.17, 15) is 0 Å². The van der Waals surface area contributed by atoms with Gasteiger partial charge in [0.05, 0.1) is 0 Å². The molecule has 1 fully saturated rings. The molecule has 0 spiro atoms. The van der Waals surface area contributed by atoms with Crippen LogP contribution in [-0.2, 0) is 6.42 Å². The molecule has 4 heteroatoms. The molecule has 108 valence electrons. The Morgan fingerprint density at radius 2 is 2.05 bits per heavy atom. The Labute approximate surface area is 133 Å². The summed E-state index contributed by atoms with van der Waals surface area (Å²) in [6, 6.07) is 9.32. The van der Waals surface area contributed by atoms with Crippen molar-refractivity contribution in [2.24, 2.45) is 0 Å². The van der Waals surface area contributed by atoms with E-state index in [-0.39, 0.29) is 0 Å². The average molecular weight is 324 g/mol. The van der Waals surface area contributed by atoms with Gasteiger partial charge in [-0.15, -0.1) is 22.7 Å². The fourth-order valence-electron chi connectivity index (χ4n) is 2.63. The quantitative estimate of drug-likeness (QED) is 0.805. The van der Waals surface area contributed by atoms with Crippen molar-refractivity contribution >= 4 is 34.4 Å². The second-order valence-corrected chi connectivity index (χ2v) is 8.67. The maximum Gasteiger partial charge on any atom is 0.0463 e. The molecule has 3 rings (SSSR count). The van der Waals surface area contributed by atoms with Crippen LogP contribution in [-0.4, -0.2) is 17.5 Å². The van der Waals surface area contributed by atoms with Gasteiger partial charge in [-0.1, -0.05) is 18.6 Å². The Balaban J connectivity index is 1.60. The summed E-state index contributed by atoms with van der Waals surface area (Å²) in [5, 5.41) is 9.01. The molecule has 1 aliphatic rings. The van der Waals surface area contributed by atoms with Crippen molar-refractivity contribution in [3.63, 3.8) is 0 Å². The normalized spacial score (nSPS) is 20.9. The van der Waals surface area contributed by atoms with Crippen molar-refractivity contribution in [3.05, 3.63) is 44.8 Å². The number of hydrogen-bond donors (Lipinski definition) is 1. The Bertz CT molecular complexity index is 472. The second kappa shape index (κ2) is 7.64. The van der Waals surface area contributed by atoms with E-state index < -0.39 is 0 Å². The molecule has 1 N–H and O–H groups in total. The molecule has 0 aliphatic carbocycles. The summed E-state index contributed by atoms with van der Waals surface area (Å²) in [6.45, 7) is 1.15. The van der Waals surface area contributed by atoms with Gasteiger partial charge in [-0.05, 0) is 41.5 Å². The first-order chi connectivity index (χ1) is 9.92. The molecular formula is C16H21NS3. The van der Waals surface area contributed by atoms with Crippen LogP contribution >= 0.6 is 34.4 Å². The maximum atomic E-state index is 3.83. The molecule has 0 aromatic carbocycles. The Morgan fingerprint density at radius 3 is 2.75 bits per heavy atom. The van der Waals surface area contributed by atoms with Gasteiger partial charge in [0.2, 0.25) is 0 Å². The SMILES string of the molecule is c1csc(CC(NCC2CCCCS2)c2cccs2)c1. The molecule has 0 bridgehead atoms. The lowest BCUT2D eigenvalue weighted by Crippen LogP contribution is -2.30. The van der Waals surface area contributed by atoms with Gasteiger partial charge in [-0.2, -0.15) is 11.8 Å². The molecular weight excluding hydrogens is 302 g/mol. The van der Waals surface area contributed by atoms with Crippen LogP contribution in [0.3, 0.4) is 0 Å². The highest BCUT2D eigenvalue weighted by Gasteiger charge is 2.18. The van der Waals surface area contributed by atoms with E-state index in [1.165, 1.54) is 34.8 Å². The molecule has 2 aromatic rings. The minimum Gasteiger partial charge on any atom is -0.308 e. The number of thiophene rings is 2. The van der Waals surface area contributed by atoms with Gasteiger partial charge >= 0.3 is 0 Å². The number of thioether (sulfide) groups is 1. The van der Waals surface area contributed by atoms with E-state index in [4.69, 9.17) is 0 Å². The third-order valence-electron chi connectivity index (χ3n) is 3.74. The second-order valence-electron chi connectivity index (χ2n) is 5.25. The number of nitrogens with one attached hydrogen (secondary N) is 1. The fraction of sp³-hybridized carbons (Fsp3) is 0.500. The summed E-state index contributed by atoms with van der Waals surface area (Å²) in [6.07, 6.45) is 5.32. The summed E-state index contributed by atoms with van der Waals surface area (Å²) < 4.78 is 0. The van der Waals surface area contributed by atoms with Crippen LogP contribution in [0.15, 0.2) is 35.0 Å². The van der Waals surface area contributed by atoms with Crippen LogP contribution in [0.25, 0.3) is 0 Å². The molecule has 2 unspecified atom stereocenters. The zero-order chi connectivity index (χ0) is 13.6. The van der Waals surface area contributed by atoms with Crippen molar-refractivity contribution in [3.8, 4) is 0 Å². The fourth-order valence-corrected chi connectivity index (χ4v) is 5.44. The molecule has 3 heterocycles. The van der Waals surface area contributed by atoms with Gasteiger partial charge in [-0.25, -0.2) is 0 Å². The molecule has 0 amide bonds. The molecule has 1 saturated heterocycles. The van der Waals surface area contributed by atoms with Crippen LogP contribution in [0.5, 0.6) is 0 Å². The van der Waals surface area contributed by atoms with Gasteiger partial charge < -0.3 is 5.32 Å². The summed E-state index contributed by atoms with van der Waals surface area (Å²) in [4.78, 5) is 2.95. The van der Waals surface area contributed by atoms with E-state index in [1.807, 2.05) is 22.7 Å². The summed E-state index contributed by atoms with van der Waals surface area (Å²) >= 11 is 5.90. The van der Waals surface area contributed by atoms with Crippen LogP contribution in [0.2, 0.25) is 0 Å². The summed E-state index contributed by atoms with van der Waals surface area (Å²) in [5.41, 5.74) is 0. The van der Waals surface area contributed by atoms with E-state index in [1.54, 1.807) is 0 Å². The lowest BCUT2D eigenvalue weighted by atomic mass is 10.1. The predicted molar refractivity (Wildman–Crippen MR) is 93.2 cm³/mol. The van der Waals surface area contributed by atoms with Crippen LogP contribution in [0.1, 0.15) is 35.1 Å². The molecule has 0 radical (unpaired) electrons. The van der Waals surface area contributed by atoms with E-state index in [0.29, 0.717) is 6.04 Å². The summed E-state index contributed by atoms with van der Waals surface area (Å²) in [5.74, 6) is 1.35. The molecule has 1 nitrogen and oxygen atoms in total. The lowest BCUT2D eigenvalue weighted by Gasteiger charge is -2.24. The minimum absolute atomic E-state index is 0.483. The van der Waals surface area contributed by atoms with Crippen molar-refractivity contribution < 1.29 is 0 Å². The molecule has 20 heavy (non-hydrogen) atoms. The Kier molecular flexibility index (Phi) is 5.59. The largest absolute Gasteiger partial charge is 0.308 e. The first-order valence-electron chi connectivity index (χ1n) is 7.32. The smallest absolute Gasteiger partial charge is 0.0463 e. The van der Waals surface area contributed by atoms with Gasteiger partial charge in [0, 0.05) is 34.0 Å². The lowest BCUT2D eigenvalue weighted by molar-refractivity contribution is 0.516. The maximum absolute atomic E-state index is 3.83. The highest BCUT2D eigenvalue weighted by atomic mass is 32.2. The third-order valence-corrected chi connectivity index (χ3v) is 7.02. The Morgan fingerprint density at radius 1 is 1.15 bits per heavy atom. The summed E-state index contributed by atoms with van der Waals surface area (Å²) in [7, 11) is 0. The van der Waals surface area contributed by atoms with Crippen LogP contribution in [0, 0.1) is 0 Å². The third kappa shape index (κ3) is 4.10. The monoisotopic (exact) mass is 323 g/mol. The van der Waals surface area contributed by atoms with E-state index in [2.05, 4.69) is 52.1 Å². The number of rotatable bonds is 6. The molecule has 2 aromatic heterocycles. The average Bonchev–Trinajstić information content (AvgIpc) is 3.17. The van der Waals surface area contributed by atoms with Crippen molar-refractivity contribution in [2.45, 2.75) is 37.0 Å². The molecule has 1 aliphatic heterocycles. The van der Waals surface area contributed by atoms with Crippen molar-refractivity contribution in [2.75, 3.05) is 12.3 Å². The van der Waals surface area contributed by atoms with Crippen molar-refractivity contribution in [1.82, 2.24) is 5.32 Å². The highest BCUT2D eigenvalue weighted by molar-refractivity contribution is 7.99. The van der Waals surface area contributed by atoms with Crippen molar-refractivity contribution in [1.29, 1.82) is 0 Å². The Hall–Kier alpha value is -0.290. The first-order valence-corrected chi connectivity index (χ1v) is 10.1. The zero-order valence-corrected chi connectivity index (χ0v) is 14.0. The molecule has 0 saturated carbocycles. The minimum atomic E-state index is 0.483. The predicted octanol–water partition coefficient (Wildman–Crippen LogP) is 4.97. The van der Waals surface area contributed by atoms with E-state index >= 15 is 0 Å². The topological polar surface area (TPSA) is 12.0 Å². The van der Waals surface area contributed by atoms with Crippen LogP contribution in [0.4, 0.5) is 0 Å². The van der Waals surface area contributed by atoms with Gasteiger partial charge in [-0.3, -0.25) is 0 Å². The van der Waals surface area contributed by atoms with Crippen LogP contribution < -0.4 is 5.32 Å². The van der Waals surface area contributed by atoms with Gasteiger partial charge in [0.1, 0.15) is 0 Å². The van der Waals surface area contributed by atoms with Gasteiger partial charge in [0.25, 0.3) is 0 Å². The first kappa shape index (κ1) is 14.6. The zero-order valence-electron chi connectivity index (χ0n) is 11.6. The molecule has 2 atom stereocenters. The van der Waals surface area contributed by atoms with E-state index in [0.717, 1.165) is 18.2 Å². The highest BCUT2D eigenvalue weighted by Crippen LogP contribution is 2.28. The number of hydrogen-bond acceptors (Lipinski definition) is 4. The van der Waals surface area contributed by atoms with Gasteiger partial charge in [0.15, 0.2) is 0 Å².